The maximum Gasteiger partial charge on any atom is 0.223 e. The lowest BCUT2D eigenvalue weighted by Crippen LogP contribution is -2.35. The van der Waals surface area contributed by atoms with Crippen LogP contribution in [0.5, 0.6) is 0 Å². The van der Waals surface area contributed by atoms with Gasteiger partial charge in [0.05, 0.1) is 5.69 Å². The lowest BCUT2D eigenvalue weighted by atomic mass is 9.91. The second kappa shape index (κ2) is 10.2. The van der Waals surface area contributed by atoms with Crippen molar-refractivity contribution in [1.82, 2.24) is 5.32 Å². The maximum absolute atomic E-state index is 12.4. The van der Waals surface area contributed by atoms with E-state index >= 15 is 0 Å². The van der Waals surface area contributed by atoms with E-state index in [1.165, 1.54) is 0 Å². The van der Waals surface area contributed by atoms with Crippen molar-refractivity contribution in [2.45, 2.75) is 72.6 Å². The van der Waals surface area contributed by atoms with Gasteiger partial charge in [-0.2, -0.15) is 0 Å². The van der Waals surface area contributed by atoms with Crippen LogP contribution in [0.3, 0.4) is 0 Å². The zero-order valence-electron chi connectivity index (χ0n) is 16.7. The maximum atomic E-state index is 12.4. The minimum atomic E-state index is -0.0173. The minimum absolute atomic E-state index is 0.00725. The van der Waals surface area contributed by atoms with Crippen LogP contribution < -0.4 is 10.2 Å². The molecule has 0 aliphatic heterocycles. The number of carbonyl (C=O) groups excluding carboxylic acids is 2. The van der Waals surface area contributed by atoms with Crippen molar-refractivity contribution in [2.75, 3.05) is 18.0 Å². The molecule has 0 bridgehead atoms. The molecule has 1 aromatic carbocycles. The molecule has 0 saturated heterocycles. The van der Waals surface area contributed by atoms with Crippen LogP contribution in [-0.4, -0.2) is 24.9 Å². The van der Waals surface area contributed by atoms with Gasteiger partial charge in [-0.3, -0.25) is 9.59 Å². The van der Waals surface area contributed by atoms with Gasteiger partial charge in [-0.15, -0.1) is 0 Å². The highest BCUT2D eigenvalue weighted by Gasteiger charge is 2.22. The first-order chi connectivity index (χ1) is 11.8. The molecule has 0 aromatic heterocycles. The highest BCUT2D eigenvalue weighted by atomic mass is 16.2. The molecule has 0 spiro atoms. The van der Waals surface area contributed by atoms with Crippen LogP contribution in [0.4, 0.5) is 5.69 Å². The van der Waals surface area contributed by atoms with Crippen LogP contribution >= 0.6 is 0 Å². The lowest BCUT2D eigenvalue weighted by Gasteiger charge is -2.29. The molecule has 0 saturated carbocycles. The fraction of sp³-hybridized carbons (Fsp3) is 0.619. The number of amides is 2. The predicted octanol–water partition coefficient (Wildman–Crippen LogP) is 4.59. The number of carbonyl (C=O) groups is 2. The lowest BCUT2D eigenvalue weighted by molar-refractivity contribution is -0.121. The van der Waals surface area contributed by atoms with E-state index in [0.717, 1.165) is 29.7 Å². The third-order valence-electron chi connectivity index (χ3n) is 4.41. The van der Waals surface area contributed by atoms with Crippen LogP contribution in [0.15, 0.2) is 18.2 Å². The fourth-order valence-corrected chi connectivity index (χ4v) is 2.96. The van der Waals surface area contributed by atoms with Crippen molar-refractivity contribution in [3.8, 4) is 0 Å². The number of para-hydroxylation sites is 1. The van der Waals surface area contributed by atoms with E-state index < -0.39 is 0 Å². The first kappa shape index (κ1) is 21.2. The highest BCUT2D eigenvalue weighted by molar-refractivity contribution is 5.94. The van der Waals surface area contributed by atoms with E-state index in [1.54, 1.807) is 11.8 Å². The summed E-state index contributed by atoms with van der Waals surface area (Å²) in [5.74, 6) is 0.618. The summed E-state index contributed by atoms with van der Waals surface area (Å²) in [6.07, 6.45) is 2.36. The molecule has 1 N–H and O–H groups in total. The second-order valence-corrected chi connectivity index (χ2v) is 7.22. The number of nitrogens with zero attached hydrogens (tertiary/aromatic N) is 1. The summed E-state index contributed by atoms with van der Waals surface area (Å²) >= 11 is 0. The zero-order chi connectivity index (χ0) is 19.0. The predicted molar refractivity (Wildman–Crippen MR) is 105 cm³/mol. The summed E-state index contributed by atoms with van der Waals surface area (Å²) in [6.45, 7) is 13.3. The molecule has 0 unspecified atom stereocenters. The Bertz CT molecular complexity index is 553. The SMILES string of the molecule is CCCCNC(=O)CCN(C(C)=O)c1c(C(C)C)cccc1C(C)C. The third-order valence-corrected chi connectivity index (χ3v) is 4.41. The van der Waals surface area contributed by atoms with E-state index in [2.05, 4.69) is 58.1 Å². The average Bonchev–Trinajstić information content (AvgIpc) is 2.54. The molecular formula is C21H34N2O2. The van der Waals surface area contributed by atoms with E-state index in [4.69, 9.17) is 0 Å². The monoisotopic (exact) mass is 346 g/mol. The molecule has 0 aliphatic carbocycles. The van der Waals surface area contributed by atoms with Crippen molar-refractivity contribution in [3.63, 3.8) is 0 Å². The Kier molecular flexibility index (Phi) is 8.67. The van der Waals surface area contributed by atoms with Crippen molar-refractivity contribution in [1.29, 1.82) is 0 Å². The standard InChI is InChI=1S/C21H34N2O2/c1-7-8-13-22-20(25)12-14-23(17(6)24)21-18(15(2)3)10-9-11-19(21)16(4)5/h9-11,15-16H,7-8,12-14H2,1-6H3,(H,22,25). The second-order valence-electron chi connectivity index (χ2n) is 7.22. The van der Waals surface area contributed by atoms with Gasteiger partial charge in [-0.1, -0.05) is 59.2 Å². The Morgan fingerprint density at radius 1 is 1.08 bits per heavy atom. The normalized spacial score (nSPS) is 11.0. The highest BCUT2D eigenvalue weighted by Crippen LogP contribution is 2.35. The van der Waals surface area contributed by atoms with Gasteiger partial charge in [0.2, 0.25) is 11.8 Å². The molecule has 4 heteroatoms. The van der Waals surface area contributed by atoms with Crippen LogP contribution in [-0.2, 0) is 9.59 Å². The molecule has 1 rings (SSSR count). The molecule has 0 heterocycles. The molecule has 1 aromatic rings. The third kappa shape index (κ3) is 6.18. The quantitative estimate of drug-likeness (QED) is 0.665. The Morgan fingerprint density at radius 2 is 1.64 bits per heavy atom. The van der Waals surface area contributed by atoms with Crippen molar-refractivity contribution in [2.24, 2.45) is 0 Å². The molecule has 2 amide bonds. The van der Waals surface area contributed by atoms with Crippen LogP contribution in [0.1, 0.15) is 83.8 Å². The molecule has 0 radical (unpaired) electrons. The van der Waals surface area contributed by atoms with Gasteiger partial charge < -0.3 is 10.2 Å². The smallest absolute Gasteiger partial charge is 0.223 e. The molecule has 0 aliphatic rings. The fourth-order valence-electron chi connectivity index (χ4n) is 2.96. The van der Waals surface area contributed by atoms with Gasteiger partial charge in [0, 0.05) is 26.4 Å². The summed E-state index contributed by atoms with van der Waals surface area (Å²) in [6, 6.07) is 6.23. The minimum Gasteiger partial charge on any atom is -0.356 e. The van der Waals surface area contributed by atoms with Crippen molar-refractivity contribution in [3.05, 3.63) is 29.3 Å². The molecule has 140 valence electrons. The summed E-state index contributed by atoms with van der Waals surface area (Å²) in [7, 11) is 0. The van der Waals surface area contributed by atoms with E-state index in [9.17, 15) is 9.59 Å². The number of hydrogen-bond acceptors (Lipinski definition) is 2. The van der Waals surface area contributed by atoms with Gasteiger partial charge in [0.25, 0.3) is 0 Å². The Hall–Kier alpha value is -1.84. The van der Waals surface area contributed by atoms with E-state index in [0.29, 0.717) is 31.3 Å². The number of nitrogens with one attached hydrogen (secondary N) is 1. The first-order valence-electron chi connectivity index (χ1n) is 9.47. The van der Waals surface area contributed by atoms with Gasteiger partial charge in [-0.05, 0) is 29.4 Å². The average molecular weight is 347 g/mol. The Labute approximate surface area is 153 Å². The molecule has 4 nitrogen and oxygen atoms in total. The van der Waals surface area contributed by atoms with Crippen molar-refractivity contribution >= 4 is 17.5 Å². The summed E-state index contributed by atoms with van der Waals surface area (Å²) < 4.78 is 0. The van der Waals surface area contributed by atoms with Gasteiger partial charge in [0.1, 0.15) is 0 Å². The summed E-state index contributed by atoms with van der Waals surface area (Å²) in [5.41, 5.74) is 3.31. The number of benzene rings is 1. The molecular weight excluding hydrogens is 312 g/mol. The summed E-state index contributed by atoms with van der Waals surface area (Å²) in [5, 5.41) is 2.93. The largest absolute Gasteiger partial charge is 0.356 e. The van der Waals surface area contributed by atoms with Crippen LogP contribution in [0.2, 0.25) is 0 Å². The number of anilines is 1. The van der Waals surface area contributed by atoms with E-state index in [1.807, 2.05) is 0 Å². The topological polar surface area (TPSA) is 49.4 Å². The molecule has 25 heavy (non-hydrogen) atoms. The van der Waals surface area contributed by atoms with Crippen LogP contribution in [0, 0.1) is 0 Å². The van der Waals surface area contributed by atoms with Crippen molar-refractivity contribution < 1.29 is 9.59 Å². The number of rotatable bonds is 9. The van der Waals surface area contributed by atoms with Gasteiger partial charge in [-0.25, -0.2) is 0 Å². The Morgan fingerprint density at radius 3 is 2.08 bits per heavy atom. The molecule has 0 atom stereocenters. The van der Waals surface area contributed by atoms with Crippen LogP contribution in [0.25, 0.3) is 0 Å². The number of hydrogen-bond donors (Lipinski definition) is 1. The summed E-state index contributed by atoms with van der Waals surface area (Å²) in [4.78, 5) is 26.2. The van der Waals surface area contributed by atoms with Gasteiger partial charge in [0.15, 0.2) is 0 Å². The Balaban J connectivity index is 3.06. The van der Waals surface area contributed by atoms with E-state index in [-0.39, 0.29) is 11.8 Å². The zero-order valence-corrected chi connectivity index (χ0v) is 16.7. The number of unbranched alkanes of at least 4 members (excludes halogenated alkanes) is 1. The molecule has 0 fully saturated rings. The first-order valence-corrected chi connectivity index (χ1v) is 9.47. The van der Waals surface area contributed by atoms with Gasteiger partial charge >= 0.3 is 0 Å².